The summed E-state index contributed by atoms with van der Waals surface area (Å²) in [4.78, 5) is 34.7. The zero-order valence-electron chi connectivity index (χ0n) is 16.1. The number of methoxy groups -OCH3 is 1. The second-order valence-corrected chi connectivity index (χ2v) is 9.51. The summed E-state index contributed by atoms with van der Waals surface area (Å²) in [5.74, 6) is -1.08. The summed E-state index contributed by atoms with van der Waals surface area (Å²) >= 11 is 6.66. The number of nitrogens with zero attached hydrogens (tertiary/aromatic N) is 1. The fraction of sp³-hybridized carbons (Fsp3) is 0.706. The highest BCUT2D eigenvalue weighted by molar-refractivity contribution is 7.48. The van der Waals surface area contributed by atoms with Crippen LogP contribution < -0.4 is 0 Å². The lowest BCUT2D eigenvalue weighted by molar-refractivity contribution is -0.146. The van der Waals surface area contributed by atoms with Gasteiger partial charge in [0.05, 0.1) is 26.7 Å². The maximum Gasteiger partial charge on any atom is 0.475 e. The Hall–Kier alpha value is -1.29. The first-order valence-corrected chi connectivity index (χ1v) is 11.0. The zero-order valence-corrected chi connectivity index (χ0v) is 17.7. The predicted molar refractivity (Wildman–Crippen MR) is 98.8 cm³/mol. The van der Waals surface area contributed by atoms with Gasteiger partial charge in [-0.25, -0.2) is 4.57 Å². The third kappa shape index (κ3) is 4.90. The van der Waals surface area contributed by atoms with Crippen LogP contribution in [0.4, 0.5) is 0 Å². The summed E-state index contributed by atoms with van der Waals surface area (Å²) in [5.41, 5.74) is 0. The summed E-state index contributed by atoms with van der Waals surface area (Å²) in [6, 6.07) is 0. The lowest BCUT2D eigenvalue weighted by Gasteiger charge is -2.36. The molecule has 0 N–H and O–H groups in total. The van der Waals surface area contributed by atoms with Gasteiger partial charge in [0, 0.05) is 12.6 Å². The van der Waals surface area contributed by atoms with Gasteiger partial charge >= 0.3 is 13.8 Å². The first kappa shape index (κ1) is 22.4. The molecule has 0 aromatic rings. The summed E-state index contributed by atoms with van der Waals surface area (Å²) in [6.07, 6.45) is 1.07. The van der Waals surface area contributed by atoms with Crippen molar-refractivity contribution >= 4 is 37.1 Å². The monoisotopic (exact) mass is 451 g/mol. The summed E-state index contributed by atoms with van der Waals surface area (Å²) in [6.45, 7) is 1.57. The molecule has 3 rings (SSSR count). The van der Waals surface area contributed by atoms with Crippen LogP contribution in [0.1, 0.15) is 32.6 Å². The minimum atomic E-state index is -3.88. The van der Waals surface area contributed by atoms with Crippen molar-refractivity contribution in [2.24, 2.45) is 0 Å². The molecule has 0 aliphatic carbocycles. The van der Waals surface area contributed by atoms with Crippen LogP contribution in [0.5, 0.6) is 0 Å². The molecule has 29 heavy (non-hydrogen) atoms. The van der Waals surface area contributed by atoms with Gasteiger partial charge in [-0.1, -0.05) is 0 Å². The maximum absolute atomic E-state index is 12.8. The molecule has 0 aromatic heterocycles. The number of alkyl halides is 1. The Kier molecular flexibility index (Phi) is 6.82. The first-order valence-electron chi connectivity index (χ1n) is 9.17. The molecule has 2 fully saturated rings. The minimum absolute atomic E-state index is 0.0599. The van der Waals surface area contributed by atoms with Gasteiger partial charge in [-0.05, 0) is 25.8 Å². The Morgan fingerprint density at radius 1 is 1.41 bits per heavy atom. The number of carbonyl (C=O) groups excluding carboxylic acids is 3. The highest BCUT2D eigenvalue weighted by Gasteiger charge is 2.61. The largest absolute Gasteiger partial charge is 0.475 e. The Morgan fingerprint density at radius 2 is 2.17 bits per heavy atom. The number of halogens is 1. The molecule has 3 heterocycles. The van der Waals surface area contributed by atoms with Crippen molar-refractivity contribution in [1.82, 2.24) is 4.90 Å². The molecular formula is C17H23ClNO9P. The highest BCUT2D eigenvalue weighted by atomic mass is 35.5. The van der Waals surface area contributed by atoms with Crippen molar-refractivity contribution in [2.45, 2.75) is 55.9 Å². The Morgan fingerprint density at radius 3 is 2.86 bits per heavy atom. The molecule has 0 bridgehead atoms. The molecule has 0 saturated carbocycles. The molecular weight excluding hydrogens is 429 g/mol. The number of hydrogen-bond donors (Lipinski definition) is 0. The van der Waals surface area contributed by atoms with Crippen molar-refractivity contribution < 1.29 is 42.0 Å². The number of phosphoric acid groups is 1. The molecule has 0 radical (unpaired) electrons. The topological polar surface area (TPSA) is 118 Å². The summed E-state index contributed by atoms with van der Waals surface area (Å²) in [5, 5.41) is 0. The smallest absolute Gasteiger partial charge is 0.469 e. The van der Waals surface area contributed by atoms with Gasteiger partial charge in [0.1, 0.15) is 17.1 Å². The quantitative estimate of drug-likeness (QED) is 0.188. The van der Waals surface area contributed by atoms with Gasteiger partial charge in [-0.15, -0.1) is 11.6 Å². The van der Waals surface area contributed by atoms with Crippen LogP contribution in [0.25, 0.3) is 0 Å². The van der Waals surface area contributed by atoms with Crippen LogP contribution in [-0.2, 0) is 42.0 Å². The van der Waals surface area contributed by atoms with Gasteiger partial charge < -0.3 is 9.47 Å². The second kappa shape index (κ2) is 8.83. The Labute approximate surface area is 173 Å². The first-order chi connectivity index (χ1) is 13.7. The van der Waals surface area contributed by atoms with Crippen molar-refractivity contribution in [1.29, 1.82) is 0 Å². The third-order valence-corrected chi connectivity index (χ3v) is 6.71. The molecule has 2 saturated heterocycles. The van der Waals surface area contributed by atoms with E-state index in [1.54, 1.807) is 6.92 Å². The number of fused-ring (bicyclic) bond motifs is 1. The predicted octanol–water partition coefficient (Wildman–Crippen LogP) is 1.91. The van der Waals surface area contributed by atoms with Crippen LogP contribution in [0, 0.1) is 0 Å². The second-order valence-electron chi connectivity index (χ2n) is 7.07. The molecule has 0 spiro atoms. The van der Waals surface area contributed by atoms with E-state index < -0.39 is 37.0 Å². The molecule has 0 unspecified atom stereocenters. The van der Waals surface area contributed by atoms with Gasteiger partial charge in [-0.2, -0.15) is 0 Å². The lowest BCUT2D eigenvalue weighted by Crippen LogP contribution is -2.51. The molecule has 0 aromatic carbocycles. The number of ketones is 1. The number of unbranched alkanes of at least 4 members (excludes halogenated alkanes) is 1. The molecule has 162 valence electrons. The molecule has 3 aliphatic heterocycles. The standard InChI is InChI=1S/C17H23ClNO9P/c1-17(18)15-12(27-16(17)19-7-6-11(20)9-13(19)21)10-26-29(23,28-15)25-8-4-3-5-14(22)24-2/h6-7,12,15-16H,3-5,8-10H2,1-2H3/t12-,15-,16-,17-,29-/m1/s1. The van der Waals surface area contributed by atoms with Crippen molar-refractivity contribution in [3.05, 3.63) is 12.3 Å². The minimum Gasteiger partial charge on any atom is -0.469 e. The maximum atomic E-state index is 12.8. The van der Waals surface area contributed by atoms with Crippen LogP contribution in [0.3, 0.4) is 0 Å². The summed E-state index contributed by atoms with van der Waals surface area (Å²) < 4.78 is 39.3. The molecule has 3 aliphatic rings. The number of hydrogen-bond acceptors (Lipinski definition) is 9. The van der Waals surface area contributed by atoms with Crippen LogP contribution in [0.15, 0.2) is 12.3 Å². The number of ether oxygens (including phenoxy) is 2. The number of carbonyl (C=O) groups is 3. The van der Waals surface area contributed by atoms with E-state index in [-0.39, 0.29) is 37.8 Å². The van der Waals surface area contributed by atoms with Crippen molar-refractivity contribution in [2.75, 3.05) is 20.3 Å². The van der Waals surface area contributed by atoms with Gasteiger partial charge in [-0.3, -0.25) is 32.9 Å². The van der Waals surface area contributed by atoms with Crippen LogP contribution >= 0.6 is 19.4 Å². The van der Waals surface area contributed by atoms with Crippen molar-refractivity contribution in [3.63, 3.8) is 0 Å². The van der Waals surface area contributed by atoms with Crippen LogP contribution in [0.2, 0.25) is 0 Å². The van der Waals surface area contributed by atoms with E-state index in [1.807, 2.05) is 0 Å². The van der Waals surface area contributed by atoms with E-state index >= 15 is 0 Å². The van der Waals surface area contributed by atoms with Gasteiger partial charge in [0.25, 0.3) is 0 Å². The van der Waals surface area contributed by atoms with E-state index in [1.165, 1.54) is 24.3 Å². The number of rotatable bonds is 7. The zero-order chi connectivity index (χ0) is 21.2. The third-order valence-electron chi connectivity index (χ3n) is 4.86. The lowest BCUT2D eigenvalue weighted by atomic mass is 9.99. The van der Waals surface area contributed by atoms with E-state index in [2.05, 4.69) is 4.74 Å². The van der Waals surface area contributed by atoms with Gasteiger partial charge in [0.15, 0.2) is 12.0 Å². The SMILES string of the molecule is COC(=O)CCCCO[P@]1(=O)OC[C@H]2O[C@@H](N3C=CC(=O)CC3=O)[C@](C)(Cl)[C@@H]2O1. The molecule has 1 amide bonds. The highest BCUT2D eigenvalue weighted by Crippen LogP contribution is 2.59. The average Bonchev–Trinajstić information content (AvgIpc) is 2.91. The average molecular weight is 452 g/mol. The number of allylic oxidation sites excluding steroid dienone is 1. The molecule has 10 nitrogen and oxygen atoms in total. The normalized spacial score (nSPS) is 36.9. The Bertz CT molecular complexity index is 755. The fourth-order valence-electron chi connectivity index (χ4n) is 3.32. The van der Waals surface area contributed by atoms with E-state index in [0.29, 0.717) is 12.8 Å². The number of phosphoric ester groups is 1. The van der Waals surface area contributed by atoms with Gasteiger partial charge in [0.2, 0.25) is 5.91 Å². The molecule has 5 atom stereocenters. The Balaban J connectivity index is 1.60. The van der Waals surface area contributed by atoms with E-state index in [9.17, 15) is 18.9 Å². The van der Waals surface area contributed by atoms with Crippen molar-refractivity contribution in [3.8, 4) is 0 Å². The fourth-order valence-corrected chi connectivity index (χ4v) is 5.23. The number of amides is 1. The number of esters is 1. The molecule has 12 heteroatoms. The van der Waals surface area contributed by atoms with Crippen LogP contribution in [-0.4, -0.2) is 66.2 Å². The summed E-state index contributed by atoms with van der Waals surface area (Å²) in [7, 11) is -2.57. The van der Waals surface area contributed by atoms with E-state index in [4.69, 9.17) is 29.9 Å². The van der Waals surface area contributed by atoms with E-state index in [0.717, 1.165) is 0 Å².